The summed E-state index contributed by atoms with van der Waals surface area (Å²) in [4.78, 5) is 23.6. The fraction of sp³-hybridized carbons (Fsp3) is 0.385. The van der Waals surface area contributed by atoms with E-state index in [0.29, 0.717) is 5.02 Å². The van der Waals surface area contributed by atoms with E-state index in [-0.39, 0.29) is 35.9 Å². The summed E-state index contributed by atoms with van der Waals surface area (Å²) in [5, 5.41) is 5.45. The molecule has 0 fully saturated rings. The summed E-state index contributed by atoms with van der Waals surface area (Å²) in [7, 11) is -2.09. The first-order valence-electron chi connectivity index (χ1n) is 6.58. The third-order valence-corrected chi connectivity index (χ3v) is 4.39. The molecule has 0 aliphatic rings. The molecular weight excluding hydrogens is 330 g/mol. The van der Waals surface area contributed by atoms with Gasteiger partial charge < -0.3 is 10.6 Å². The van der Waals surface area contributed by atoms with E-state index in [4.69, 9.17) is 11.6 Å². The normalized spacial score (nSPS) is 11.0. The van der Waals surface area contributed by atoms with Crippen molar-refractivity contribution in [1.29, 1.82) is 0 Å². The molecule has 0 radical (unpaired) electrons. The topological polar surface area (TPSA) is 104 Å². The van der Waals surface area contributed by atoms with E-state index in [2.05, 4.69) is 15.4 Å². The second-order valence-electron chi connectivity index (χ2n) is 4.37. The number of nitrogens with one attached hydrogen (secondary N) is 3. The van der Waals surface area contributed by atoms with E-state index in [1.807, 2.05) is 0 Å². The summed E-state index contributed by atoms with van der Waals surface area (Å²) in [5.41, 5.74) is 0.501. The van der Waals surface area contributed by atoms with E-state index >= 15 is 0 Å². The van der Waals surface area contributed by atoms with Crippen molar-refractivity contribution in [2.24, 2.45) is 0 Å². The van der Waals surface area contributed by atoms with Gasteiger partial charge in [0, 0.05) is 18.0 Å². The number of rotatable bonds is 7. The zero-order chi connectivity index (χ0) is 16.8. The first kappa shape index (κ1) is 18.4. The fourth-order valence-corrected chi connectivity index (χ4v) is 2.30. The molecule has 0 saturated heterocycles. The number of hydrogen-bond acceptors (Lipinski definition) is 4. The van der Waals surface area contributed by atoms with E-state index in [0.717, 1.165) is 0 Å². The van der Waals surface area contributed by atoms with Gasteiger partial charge >= 0.3 is 0 Å². The summed E-state index contributed by atoms with van der Waals surface area (Å²) >= 11 is 5.86. The van der Waals surface area contributed by atoms with Gasteiger partial charge in [0.2, 0.25) is 15.9 Å². The minimum atomic E-state index is -3.39. The van der Waals surface area contributed by atoms with Gasteiger partial charge in [0.15, 0.2) is 0 Å². The number of carbonyl (C=O) groups is 2. The van der Waals surface area contributed by atoms with Gasteiger partial charge in [-0.1, -0.05) is 18.5 Å². The molecule has 0 aliphatic heterocycles. The molecule has 1 rings (SSSR count). The molecule has 7 nitrogen and oxygen atoms in total. The van der Waals surface area contributed by atoms with E-state index < -0.39 is 15.9 Å². The van der Waals surface area contributed by atoms with Crippen LogP contribution in [0.1, 0.15) is 23.7 Å². The summed E-state index contributed by atoms with van der Waals surface area (Å²) in [6.45, 7) is 1.63. The number of anilines is 1. The average molecular weight is 348 g/mol. The number of hydrogen-bond donors (Lipinski definition) is 3. The largest absolute Gasteiger partial charge is 0.351 e. The second-order valence-corrected chi connectivity index (χ2v) is 6.85. The van der Waals surface area contributed by atoms with Crippen molar-refractivity contribution < 1.29 is 18.0 Å². The van der Waals surface area contributed by atoms with Gasteiger partial charge in [-0.2, -0.15) is 0 Å². The average Bonchev–Trinajstić information content (AvgIpc) is 2.46. The Morgan fingerprint density at radius 1 is 1.27 bits per heavy atom. The Bertz CT molecular complexity index is 661. The SMILES string of the molecule is CCC(=O)Nc1cc(Cl)ccc1C(=O)NCCS(=O)(=O)NC. The zero-order valence-electron chi connectivity index (χ0n) is 12.3. The molecule has 0 atom stereocenters. The molecule has 0 aromatic heterocycles. The first-order chi connectivity index (χ1) is 10.3. The number of sulfonamides is 1. The Balaban J connectivity index is 2.82. The lowest BCUT2D eigenvalue weighted by atomic mass is 10.1. The van der Waals surface area contributed by atoms with Crippen LogP contribution < -0.4 is 15.4 Å². The summed E-state index contributed by atoms with van der Waals surface area (Å²) in [6.07, 6.45) is 0.258. The van der Waals surface area contributed by atoms with Crippen LogP contribution in [-0.2, 0) is 14.8 Å². The van der Waals surface area contributed by atoms with Crippen molar-refractivity contribution in [2.75, 3.05) is 24.7 Å². The minimum absolute atomic E-state index is 0.0498. The van der Waals surface area contributed by atoms with Crippen LogP contribution >= 0.6 is 11.6 Å². The van der Waals surface area contributed by atoms with Crippen molar-refractivity contribution >= 4 is 39.1 Å². The Morgan fingerprint density at radius 2 is 1.95 bits per heavy atom. The monoisotopic (exact) mass is 347 g/mol. The van der Waals surface area contributed by atoms with Gasteiger partial charge in [-0.05, 0) is 25.2 Å². The Kier molecular flexibility index (Phi) is 6.79. The molecule has 22 heavy (non-hydrogen) atoms. The maximum absolute atomic E-state index is 12.1. The van der Waals surface area contributed by atoms with Gasteiger partial charge in [-0.25, -0.2) is 13.1 Å². The lowest BCUT2D eigenvalue weighted by Gasteiger charge is -2.11. The molecular formula is C13H18ClN3O4S. The van der Waals surface area contributed by atoms with Crippen molar-refractivity contribution in [3.8, 4) is 0 Å². The van der Waals surface area contributed by atoms with E-state index in [9.17, 15) is 18.0 Å². The molecule has 1 aromatic carbocycles. The molecule has 2 amide bonds. The van der Waals surface area contributed by atoms with Crippen molar-refractivity contribution in [2.45, 2.75) is 13.3 Å². The standard InChI is InChI=1S/C13H18ClN3O4S/c1-3-12(18)17-11-8-9(14)4-5-10(11)13(19)16-6-7-22(20,21)15-2/h4-5,8,15H,3,6-7H2,1-2H3,(H,16,19)(H,17,18). The van der Waals surface area contributed by atoms with Crippen LogP contribution in [0.5, 0.6) is 0 Å². The van der Waals surface area contributed by atoms with Crippen LogP contribution in [0.25, 0.3) is 0 Å². The summed E-state index contributed by atoms with van der Waals surface area (Å²) in [6, 6.07) is 4.45. The van der Waals surface area contributed by atoms with Gasteiger partial charge in [0.05, 0.1) is 17.0 Å². The zero-order valence-corrected chi connectivity index (χ0v) is 13.8. The lowest BCUT2D eigenvalue weighted by Crippen LogP contribution is -2.33. The third kappa shape index (κ3) is 5.63. The van der Waals surface area contributed by atoms with Gasteiger partial charge in [-0.15, -0.1) is 0 Å². The van der Waals surface area contributed by atoms with Crippen LogP contribution in [0.3, 0.4) is 0 Å². The maximum atomic E-state index is 12.1. The molecule has 0 spiro atoms. The predicted octanol–water partition coefficient (Wildman–Crippen LogP) is 0.967. The predicted molar refractivity (Wildman–Crippen MR) is 85.6 cm³/mol. The van der Waals surface area contributed by atoms with E-state index in [1.54, 1.807) is 6.92 Å². The van der Waals surface area contributed by atoms with E-state index in [1.165, 1.54) is 25.2 Å². The Labute approximate surface area is 134 Å². The van der Waals surface area contributed by atoms with Gasteiger partial charge in [-0.3, -0.25) is 9.59 Å². The van der Waals surface area contributed by atoms with Crippen LogP contribution in [0.2, 0.25) is 5.02 Å². The van der Waals surface area contributed by atoms with Crippen molar-refractivity contribution in [3.63, 3.8) is 0 Å². The first-order valence-corrected chi connectivity index (χ1v) is 8.61. The highest BCUT2D eigenvalue weighted by Gasteiger charge is 2.14. The van der Waals surface area contributed by atoms with Crippen LogP contribution in [0, 0.1) is 0 Å². The molecule has 9 heteroatoms. The number of amides is 2. The van der Waals surface area contributed by atoms with Gasteiger partial charge in [0.1, 0.15) is 0 Å². The molecule has 1 aromatic rings. The minimum Gasteiger partial charge on any atom is -0.351 e. The Hall–Kier alpha value is -1.64. The van der Waals surface area contributed by atoms with Crippen LogP contribution in [0.15, 0.2) is 18.2 Å². The van der Waals surface area contributed by atoms with Gasteiger partial charge in [0.25, 0.3) is 5.91 Å². The quantitative estimate of drug-likeness (QED) is 0.683. The Morgan fingerprint density at radius 3 is 2.55 bits per heavy atom. The molecule has 0 unspecified atom stereocenters. The fourth-order valence-electron chi connectivity index (χ4n) is 1.55. The molecule has 3 N–H and O–H groups in total. The number of carbonyl (C=O) groups excluding carboxylic acids is 2. The molecule has 0 saturated carbocycles. The second kappa shape index (κ2) is 8.11. The molecule has 0 aliphatic carbocycles. The molecule has 0 heterocycles. The molecule has 122 valence electrons. The smallest absolute Gasteiger partial charge is 0.253 e. The highest BCUT2D eigenvalue weighted by molar-refractivity contribution is 7.89. The third-order valence-electron chi connectivity index (χ3n) is 2.79. The van der Waals surface area contributed by atoms with Crippen LogP contribution in [0.4, 0.5) is 5.69 Å². The number of halogens is 1. The van der Waals surface area contributed by atoms with Crippen LogP contribution in [-0.4, -0.2) is 39.6 Å². The van der Waals surface area contributed by atoms with Crippen molar-refractivity contribution in [3.05, 3.63) is 28.8 Å². The highest BCUT2D eigenvalue weighted by Crippen LogP contribution is 2.21. The lowest BCUT2D eigenvalue weighted by molar-refractivity contribution is -0.115. The highest BCUT2D eigenvalue weighted by atomic mass is 35.5. The van der Waals surface area contributed by atoms with Crippen molar-refractivity contribution in [1.82, 2.24) is 10.0 Å². The number of benzene rings is 1. The maximum Gasteiger partial charge on any atom is 0.253 e. The summed E-state index contributed by atoms with van der Waals surface area (Å²) in [5.74, 6) is -0.983. The molecule has 0 bridgehead atoms. The summed E-state index contributed by atoms with van der Waals surface area (Å²) < 4.78 is 24.7.